The Morgan fingerprint density at radius 2 is 2.07 bits per heavy atom. The van der Waals surface area contributed by atoms with E-state index >= 15 is 0 Å². The summed E-state index contributed by atoms with van der Waals surface area (Å²) in [6, 6.07) is 12.0. The summed E-state index contributed by atoms with van der Waals surface area (Å²) in [4.78, 5) is 15.8. The zero-order chi connectivity index (χ0) is 19.0. The lowest BCUT2D eigenvalue weighted by molar-refractivity contribution is -0.123. The van der Waals surface area contributed by atoms with Crippen molar-refractivity contribution in [1.29, 1.82) is 0 Å². The minimum absolute atomic E-state index is 0.0311. The first-order valence-electron chi connectivity index (χ1n) is 9.21. The summed E-state index contributed by atoms with van der Waals surface area (Å²) < 4.78 is 11.0. The zero-order valence-corrected chi connectivity index (χ0v) is 15.9. The molecule has 0 spiro atoms. The van der Waals surface area contributed by atoms with Gasteiger partial charge >= 0.3 is 0 Å². The van der Waals surface area contributed by atoms with E-state index in [9.17, 15) is 4.79 Å². The monoisotopic (exact) mass is 364 g/mol. The molecule has 140 valence electrons. The van der Waals surface area contributed by atoms with Crippen LogP contribution in [0.1, 0.15) is 22.4 Å². The number of fused-ring (bicyclic) bond motifs is 3. The highest BCUT2D eigenvalue weighted by molar-refractivity contribution is 5.87. The van der Waals surface area contributed by atoms with Crippen molar-refractivity contribution in [1.82, 2.24) is 10.3 Å². The molecular formula is C22H24N2O3. The lowest BCUT2D eigenvalue weighted by atomic mass is 10.1. The number of hydrogen-bond donors (Lipinski definition) is 2. The van der Waals surface area contributed by atoms with Gasteiger partial charge in [0.15, 0.2) is 6.61 Å². The van der Waals surface area contributed by atoms with Crippen molar-refractivity contribution in [2.75, 3.05) is 13.7 Å². The number of rotatable bonds is 5. The Hall–Kier alpha value is -2.95. The summed E-state index contributed by atoms with van der Waals surface area (Å²) >= 11 is 0. The Kier molecular flexibility index (Phi) is 4.52. The van der Waals surface area contributed by atoms with Crippen LogP contribution >= 0.6 is 0 Å². The van der Waals surface area contributed by atoms with Crippen molar-refractivity contribution in [3.8, 4) is 11.5 Å². The number of aromatic nitrogens is 1. The van der Waals surface area contributed by atoms with Gasteiger partial charge in [-0.05, 0) is 61.2 Å². The van der Waals surface area contributed by atoms with Gasteiger partial charge in [-0.15, -0.1) is 0 Å². The van der Waals surface area contributed by atoms with Crippen LogP contribution in [0.5, 0.6) is 11.5 Å². The SMILES string of the molecule is COc1ccc2[nH]c3c(c2c1)CC(NC(=O)COc1cccc(C)c1C)C3. The molecular weight excluding hydrogens is 340 g/mol. The molecule has 1 amide bonds. The molecule has 1 unspecified atom stereocenters. The Morgan fingerprint density at radius 1 is 1.22 bits per heavy atom. The first-order chi connectivity index (χ1) is 13.0. The molecule has 1 aliphatic carbocycles. The third-order valence-corrected chi connectivity index (χ3v) is 5.38. The Labute approximate surface area is 158 Å². The molecule has 1 aliphatic rings. The molecule has 5 nitrogen and oxygen atoms in total. The summed E-state index contributed by atoms with van der Waals surface area (Å²) in [6.07, 6.45) is 1.62. The summed E-state index contributed by atoms with van der Waals surface area (Å²) in [5.74, 6) is 1.52. The van der Waals surface area contributed by atoms with Crippen LogP contribution in [0.25, 0.3) is 10.9 Å². The topological polar surface area (TPSA) is 63.3 Å². The predicted octanol–water partition coefficient (Wildman–Crippen LogP) is 3.46. The number of benzene rings is 2. The number of nitrogens with one attached hydrogen (secondary N) is 2. The van der Waals surface area contributed by atoms with Crippen molar-refractivity contribution in [2.45, 2.75) is 32.7 Å². The van der Waals surface area contributed by atoms with Crippen LogP contribution in [0.15, 0.2) is 36.4 Å². The van der Waals surface area contributed by atoms with Crippen LogP contribution in [0.4, 0.5) is 0 Å². The highest BCUT2D eigenvalue weighted by atomic mass is 16.5. The average molecular weight is 364 g/mol. The molecule has 5 heteroatoms. The lowest BCUT2D eigenvalue weighted by Gasteiger charge is -2.14. The maximum absolute atomic E-state index is 12.3. The number of carbonyl (C=O) groups is 1. The number of H-pyrrole nitrogens is 1. The largest absolute Gasteiger partial charge is 0.497 e. The Morgan fingerprint density at radius 3 is 2.89 bits per heavy atom. The molecule has 27 heavy (non-hydrogen) atoms. The van der Waals surface area contributed by atoms with E-state index in [0.29, 0.717) is 0 Å². The smallest absolute Gasteiger partial charge is 0.258 e. The Bertz CT molecular complexity index is 1010. The van der Waals surface area contributed by atoms with Gasteiger partial charge in [0.1, 0.15) is 11.5 Å². The van der Waals surface area contributed by atoms with Gasteiger partial charge in [0.25, 0.3) is 5.91 Å². The van der Waals surface area contributed by atoms with E-state index in [4.69, 9.17) is 9.47 Å². The van der Waals surface area contributed by atoms with E-state index in [1.165, 1.54) is 16.6 Å². The van der Waals surface area contributed by atoms with Crippen LogP contribution < -0.4 is 14.8 Å². The number of aryl methyl sites for hydroxylation is 1. The molecule has 0 saturated heterocycles. The van der Waals surface area contributed by atoms with E-state index in [2.05, 4.69) is 16.4 Å². The molecule has 0 aliphatic heterocycles. The molecule has 0 radical (unpaired) electrons. The second kappa shape index (κ2) is 6.99. The molecule has 1 heterocycles. The van der Waals surface area contributed by atoms with Gasteiger partial charge in [-0.3, -0.25) is 4.79 Å². The second-order valence-electron chi connectivity index (χ2n) is 7.15. The number of carbonyl (C=O) groups excluding carboxylic acids is 1. The normalized spacial score (nSPS) is 15.6. The lowest BCUT2D eigenvalue weighted by Crippen LogP contribution is -2.38. The van der Waals surface area contributed by atoms with Gasteiger partial charge in [-0.1, -0.05) is 12.1 Å². The van der Waals surface area contributed by atoms with Crippen LogP contribution in [0, 0.1) is 13.8 Å². The average Bonchev–Trinajstić information content (AvgIpc) is 3.19. The molecule has 0 saturated carbocycles. The van der Waals surface area contributed by atoms with E-state index in [1.54, 1.807) is 7.11 Å². The standard InChI is InChI=1S/C22H24N2O3/c1-13-5-4-6-21(14(13)2)27-12-22(25)23-15-9-17-18-11-16(26-3)7-8-19(18)24-20(17)10-15/h4-8,11,15,24H,9-10,12H2,1-3H3,(H,23,25). The summed E-state index contributed by atoms with van der Waals surface area (Å²) in [5, 5.41) is 4.27. The number of amides is 1. The first-order valence-corrected chi connectivity index (χ1v) is 9.21. The van der Waals surface area contributed by atoms with E-state index < -0.39 is 0 Å². The highest BCUT2D eigenvalue weighted by Gasteiger charge is 2.27. The number of ether oxygens (including phenoxy) is 2. The zero-order valence-electron chi connectivity index (χ0n) is 15.9. The van der Waals surface area contributed by atoms with Gasteiger partial charge in [-0.25, -0.2) is 0 Å². The van der Waals surface area contributed by atoms with Gasteiger partial charge < -0.3 is 19.8 Å². The third-order valence-electron chi connectivity index (χ3n) is 5.38. The number of hydrogen-bond acceptors (Lipinski definition) is 3. The van der Waals surface area contributed by atoms with Gasteiger partial charge in [0.2, 0.25) is 0 Å². The third kappa shape index (κ3) is 3.37. The Balaban J connectivity index is 1.39. The molecule has 3 aromatic rings. The maximum atomic E-state index is 12.3. The quantitative estimate of drug-likeness (QED) is 0.729. The van der Waals surface area contributed by atoms with Crippen LogP contribution in [-0.2, 0) is 17.6 Å². The molecule has 1 atom stereocenters. The predicted molar refractivity (Wildman–Crippen MR) is 106 cm³/mol. The van der Waals surface area contributed by atoms with Crippen LogP contribution in [-0.4, -0.2) is 30.6 Å². The van der Waals surface area contributed by atoms with E-state index in [1.807, 2.05) is 44.2 Å². The van der Waals surface area contributed by atoms with Crippen molar-refractivity contribution in [2.24, 2.45) is 0 Å². The van der Waals surface area contributed by atoms with Gasteiger partial charge in [-0.2, -0.15) is 0 Å². The van der Waals surface area contributed by atoms with Crippen LogP contribution in [0.3, 0.4) is 0 Å². The minimum Gasteiger partial charge on any atom is -0.497 e. The van der Waals surface area contributed by atoms with Crippen LogP contribution in [0.2, 0.25) is 0 Å². The van der Waals surface area contributed by atoms with Crippen molar-refractivity contribution in [3.05, 3.63) is 58.8 Å². The van der Waals surface area contributed by atoms with Gasteiger partial charge in [0, 0.05) is 29.1 Å². The maximum Gasteiger partial charge on any atom is 0.258 e. The van der Waals surface area contributed by atoms with E-state index in [-0.39, 0.29) is 18.6 Å². The molecule has 1 aromatic heterocycles. The fraction of sp³-hybridized carbons (Fsp3) is 0.318. The van der Waals surface area contributed by atoms with Crippen molar-refractivity contribution >= 4 is 16.8 Å². The first kappa shape index (κ1) is 17.5. The molecule has 2 N–H and O–H groups in total. The van der Waals surface area contributed by atoms with Crippen molar-refractivity contribution in [3.63, 3.8) is 0 Å². The molecule has 4 rings (SSSR count). The minimum atomic E-state index is -0.0899. The fourth-order valence-electron chi connectivity index (χ4n) is 3.78. The second-order valence-corrected chi connectivity index (χ2v) is 7.15. The summed E-state index contributed by atoms with van der Waals surface area (Å²) in [5.41, 5.74) is 5.80. The molecule has 2 aromatic carbocycles. The summed E-state index contributed by atoms with van der Waals surface area (Å²) in [7, 11) is 1.67. The van der Waals surface area contributed by atoms with E-state index in [0.717, 1.165) is 41.0 Å². The van der Waals surface area contributed by atoms with Gasteiger partial charge in [0.05, 0.1) is 7.11 Å². The number of methoxy groups -OCH3 is 1. The summed E-state index contributed by atoms with van der Waals surface area (Å²) in [6.45, 7) is 4.07. The number of aromatic amines is 1. The van der Waals surface area contributed by atoms with Crippen molar-refractivity contribution < 1.29 is 14.3 Å². The molecule has 0 fully saturated rings. The highest BCUT2D eigenvalue weighted by Crippen LogP contribution is 2.32. The fourth-order valence-corrected chi connectivity index (χ4v) is 3.78. The molecule has 0 bridgehead atoms.